The third-order valence-electron chi connectivity index (χ3n) is 2.69. The predicted octanol–water partition coefficient (Wildman–Crippen LogP) is 2.35. The first-order chi connectivity index (χ1) is 9.19. The minimum atomic E-state index is 0.0237. The van der Waals surface area contributed by atoms with E-state index in [1.165, 1.54) is 0 Å². The SMILES string of the molecule is CCNCc1cccc(Cl)c1OCCCC(=O)NC. The molecule has 0 saturated carbocycles. The van der Waals surface area contributed by atoms with Gasteiger partial charge in [-0.05, 0) is 19.0 Å². The lowest BCUT2D eigenvalue weighted by Crippen LogP contribution is -2.18. The van der Waals surface area contributed by atoms with Crippen molar-refractivity contribution in [2.75, 3.05) is 20.2 Å². The summed E-state index contributed by atoms with van der Waals surface area (Å²) in [6.45, 7) is 4.15. The van der Waals surface area contributed by atoms with Gasteiger partial charge in [-0.15, -0.1) is 0 Å². The molecule has 0 bridgehead atoms. The van der Waals surface area contributed by atoms with Crippen molar-refractivity contribution < 1.29 is 9.53 Å². The van der Waals surface area contributed by atoms with Crippen LogP contribution in [0.5, 0.6) is 5.75 Å². The first kappa shape index (κ1) is 15.8. The fourth-order valence-electron chi connectivity index (χ4n) is 1.65. The van der Waals surface area contributed by atoms with Gasteiger partial charge in [0.1, 0.15) is 5.75 Å². The monoisotopic (exact) mass is 284 g/mol. The van der Waals surface area contributed by atoms with Gasteiger partial charge in [-0.2, -0.15) is 0 Å². The smallest absolute Gasteiger partial charge is 0.219 e. The zero-order chi connectivity index (χ0) is 14.1. The van der Waals surface area contributed by atoms with Crippen molar-refractivity contribution in [3.8, 4) is 5.75 Å². The maximum atomic E-state index is 11.1. The number of hydrogen-bond acceptors (Lipinski definition) is 3. The maximum Gasteiger partial charge on any atom is 0.219 e. The van der Waals surface area contributed by atoms with Gasteiger partial charge in [-0.1, -0.05) is 30.7 Å². The van der Waals surface area contributed by atoms with E-state index in [1.54, 1.807) is 7.05 Å². The van der Waals surface area contributed by atoms with Crippen LogP contribution < -0.4 is 15.4 Å². The van der Waals surface area contributed by atoms with Gasteiger partial charge in [-0.25, -0.2) is 0 Å². The Kier molecular flexibility index (Phi) is 7.30. The number of halogens is 1. The Hall–Kier alpha value is -1.26. The van der Waals surface area contributed by atoms with E-state index >= 15 is 0 Å². The van der Waals surface area contributed by atoms with Gasteiger partial charge in [0.25, 0.3) is 0 Å². The van der Waals surface area contributed by atoms with Gasteiger partial charge in [0.2, 0.25) is 5.91 Å². The molecule has 0 heterocycles. The second-order valence-corrected chi connectivity index (χ2v) is 4.54. The number of carbonyl (C=O) groups excluding carboxylic acids is 1. The highest BCUT2D eigenvalue weighted by Crippen LogP contribution is 2.28. The van der Waals surface area contributed by atoms with Crippen LogP contribution in [0, 0.1) is 0 Å². The van der Waals surface area contributed by atoms with E-state index in [9.17, 15) is 4.79 Å². The van der Waals surface area contributed by atoms with Crippen LogP contribution in [-0.4, -0.2) is 26.1 Å². The zero-order valence-corrected chi connectivity index (χ0v) is 12.2. The van der Waals surface area contributed by atoms with E-state index in [4.69, 9.17) is 16.3 Å². The number of hydrogen-bond donors (Lipinski definition) is 2. The van der Waals surface area contributed by atoms with Crippen molar-refractivity contribution >= 4 is 17.5 Å². The van der Waals surface area contributed by atoms with E-state index < -0.39 is 0 Å². The summed E-state index contributed by atoms with van der Waals surface area (Å²) >= 11 is 6.15. The molecule has 0 aliphatic carbocycles. The molecule has 1 aromatic rings. The van der Waals surface area contributed by atoms with Crippen molar-refractivity contribution in [2.24, 2.45) is 0 Å². The standard InChI is InChI=1S/C14H21ClN2O2/c1-3-17-10-11-6-4-7-12(15)14(11)19-9-5-8-13(18)16-2/h4,6-7,17H,3,5,8-10H2,1-2H3,(H,16,18). The fraction of sp³-hybridized carbons (Fsp3) is 0.500. The molecule has 0 spiro atoms. The third-order valence-corrected chi connectivity index (χ3v) is 2.99. The molecule has 19 heavy (non-hydrogen) atoms. The number of para-hydroxylation sites is 1. The molecule has 4 nitrogen and oxygen atoms in total. The lowest BCUT2D eigenvalue weighted by Gasteiger charge is -2.13. The first-order valence-corrected chi connectivity index (χ1v) is 6.88. The fourth-order valence-corrected chi connectivity index (χ4v) is 1.89. The van der Waals surface area contributed by atoms with Crippen LogP contribution in [0.2, 0.25) is 5.02 Å². The highest BCUT2D eigenvalue weighted by atomic mass is 35.5. The Balaban J connectivity index is 2.53. The summed E-state index contributed by atoms with van der Waals surface area (Å²) in [6, 6.07) is 5.71. The van der Waals surface area contributed by atoms with E-state index in [0.717, 1.165) is 18.7 Å². The molecule has 0 atom stereocenters. The summed E-state index contributed by atoms with van der Waals surface area (Å²) in [5, 5.41) is 6.44. The van der Waals surface area contributed by atoms with E-state index in [-0.39, 0.29) is 5.91 Å². The first-order valence-electron chi connectivity index (χ1n) is 6.50. The third kappa shape index (κ3) is 5.49. The Bertz CT molecular complexity index is 410. The van der Waals surface area contributed by atoms with Crippen LogP contribution in [0.4, 0.5) is 0 Å². The molecule has 0 unspecified atom stereocenters. The summed E-state index contributed by atoms with van der Waals surface area (Å²) in [4.78, 5) is 11.1. The van der Waals surface area contributed by atoms with Crippen LogP contribution in [0.25, 0.3) is 0 Å². The van der Waals surface area contributed by atoms with Gasteiger partial charge in [-0.3, -0.25) is 4.79 Å². The molecule has 5 heteroatoms. The molecule has 0 fully saturated rings. The van der Waals surface area contributed by atoms with Crippen molar-refractivity contribution in [2.45, 2.75) is 26.3 Å². The van der Waals surface area contributed by atoms with Crippen LogP contribution in [0.3, 0.4) is 0 Å². The lowest BCUT2D eigenvalue weighted by atomic mass is 10.2. The van der Waals surface area contributed by atoms with Gasteiger partial charge in [0, 0.05) is 25.6 Å². The van der Waals surface area contributed by atoms with Crippen LogP contribution >= 0.6 is 11.6 Å². The van der Waals surface area contributed by atoms with Gasteiger partial charge in [0.15, 0.2) is 0 Å². The molecule has 2 N–H and O–H groups in total. The number of benzene rings is 1. The molecule has 1 amide bonds. The van der Waals surface area contributed by atoms with Crippen molar-refractivity contribution in [3.05, 3.63) is 28.8 Å². The topological polar surface area (TPSA) is 50.4 Å². The van der Waals surface area contributed by atoms with Gasteiger partial charge >= 0.3 is 0 Å². The highest BCUT2D eigenvalue weighted by molar-refractivity contribution is 6.32. The van der Waals surface area contributed by atoms with Crippen LogP contribution in [0.1, 0.15) is 25.3 Å². The molecule has 0 radical (unpaired) electrons. The number of amides is 1. The van der Waals surface area contributed by atoms with Crippen molar-refractivity contribution in [1.82, 2.24) is 10.6 Å². The number of ether oxygens (including phenoxy) is 1. The second-order valence-electron chi connectivity index (χ2n) is 4.13. The van der Waals surface area contributed by atoms with E-state index in [2.05, 4.69) is 17.6 Å². The molecule has 0 aliphatic heterocycles. The predicted molar refractivity (Wildman–Crippen MR) is 77.6 cm³/mol. The maximum absolute atomic E-state index is 11.1. The minimum absolute atomic E-state index is 0.0237. The molecule has 0 saturated heterocycles. The Morgan fingerprint density at radius 2 is 2.21 bits per heavy atom. The van der Waals surface area contributed by atoms with E-state index in [0.29, 0.717) is 30.2 Å². The number of nitrogens with one attached hydrogen (secondary N) is 2. The Morgan fingerprint density at radius 1 is 1.42 bits per heavy atom. The average Bonchev–Trinajstić information content (AvgIpc) is 2.42. The lowest BCUT2D eigenvalue weighted by molar-refractivity contribution is -0.120. The quantitative estimate of drug-likeness (QED) is 0.721. The van der Waals surface area contributed by atoms with Crippen molar-refractivity contribution in [1.29, 1.82) is 0 Å². The molecule has 1 rings (SSSR count). The van der Waals surface area contributed by atoms with Crippen molar-refractivity contribution in [3.63, 3.8) is 0 Å². The summed E-state index contributed by atoms with van der Waals surface area (Å²) in [6.07, 6.45) is 1.13. The average molecular weight is 285 g/mol. The molecule has 0 aromatic heterocycles. The normalized spacial score (nSPS) is 10.3. The molecular formula is C14H21ClN2O2. The van der Waals surface area contributed by atoms with Crippen LogP contribution in [0.15, 0.2) is 18.2 Å². The van der Waals surface area contributed by atoms with Gasteiger partial charge < -0.3 is 15.4 Å². The largest absolute Gasteiger partial charge is 0.492 e. The summed E-state index contributed by atoms with van der Waals surface area (Å²) in [5.41, 5.74) is 1.04. The number of rotatable bonds is 8. The second kappa shape index (κ2) is 8.77. The van der Waals surface area contributed by atoms with Gasteiger partial charge in [0.05, 0.1) is 11.6 Å². The van der Waals surface area contributed by atoms with Crippen LogP contribution in [-0.2, 0) is 11.3 Å². The molecule has 106 valence electrons. The van der Waals surface area contributed by atoms with E-state index in [1.807, 2.05) is 18.2 Å². The Labute approximate surface area is 119 Å². The molecule has 1 aromatic carbocycles. The summed E-state index contributed by atoms with van der Waals surface area (Å²) in [7, 11) is 1.63. The zero-order valence-electron chi connectivity index (χ0n) is 11.5. The Morgan fingerprint density at radius 3 is 2.89 bits per heavy atom. The molecule has 0 aliphatic rings. The highest BCUT2D eigenvalue weighted by Gasteiger charge is 2.08. The minimum Gasteiger partial charge on any atom is -0.492 e. The summed E-state index contributed by atoms with van der Waals surface area (Å²) < 4.78 is 5.71. The number of carbonyl (C=O) groups is 1. The summed E-state index contributed by atoms with van der Waals surface area (Å²) in [5.74, 6) is 0.734. The molecular weight excluding hydrogens is 264 g/mol.